The Bertz CT molecular complexity index is 279. The molecule has 0 aliphatic carbocycles. The molecule has 1 aromatic carbocycles. The highest BCUT2D eigenvalue weighted by Crippen LogP contribution is 2.30. The molecule has 1 atom stereocenters. The Hall–Kier alpha value is -0.530. The van der Waals surface area contributed by atoms with Gasteiger partial charge >= 0.3 is 0 Å². The van der Waals surface area contributed by atoms with Crippen molar-refractivity contribution in [2.24, 2.45) is 0 Å². The first-order valence-electron chi connectivity index (χ1n) is 4.70. The second kappa shape index (κ2) is 4.12. The summed E-state index contributed by atoms with van der Waals surface area (Å²) in [5, 5.41) is 0.873. The molecule has 13 heavy (non-hydrogen) atoms. The molecule has 1 aromatic rings. The van der Waals surface area contributed by atoms with Crippen LogP contribution in [0, 0.1) is 0 Å². The van der Waals surface area contributed by atoms with Crippen molar-refractivity contribution < 1.29 is 4.74 Å². The van der Waals surface area contributed by atoms with Gasteiger partial charge in [-0.25, -0.2) is 0 Å². The van der Waals surface area contributed by atoms with E-state index in [1.807, 2.05) is 18.2 Å². The van der Waals surface area contributed by atoms with Crippen LogP contribution < -0.4 is 0 Å². The second-order valence-electron chi connectivity index (χ2n) is 3.44. The lowest BCUT2D eigenvalue weighted by Crippen LogP contribution is -2.15. The number of rotatable bonds is 1. The van der Waals surface area contributed by atoms with Crippen LogP contribution in [0.1, 0.15) is 24.3 Å². The maximum absolute atomic E-state index is 6.10. The number of hydrogen-bond donors (Lipinski definition) is 0. The summed E-state index contributed by atoms with van der Waals surface area (Å²) < 4.78 is 5.43. The van der Waals surface area contributed by atoms with Gasteiger partial charge in [0.15, 0.2) is 0 Å². The monoisotopic (exact) mass is 196 g/mol. The molecule has 1 heterocycles. The third kappa shape index (κ3) is 2.04. The average Bonchev–Trinajstić information content (AvgIpc) is 2.20. The first-order chi connectivity index (χ1) is 6.38. The molecule has 0 spiro atoms. The fraction of sp³-hybridized carbons (Fsp3) is 0.455. The van der Waals surface area contributed by atoms with Gasteiger partial charge in [-0.1, -0.05) is 29.8 Å². The summed E-state index contributed by atoms with van der Waals surface area (Å²) in [7, 11) is 0. The summed E-state index contributed by atoms with van der Waals surface area (Å²) in [6.45, 7) is 1.73. The lowest BCUT2D eigenvalue weighted by molar-refractivity contribution is 0.0804. The molecule has 2 heteroatoms. The van der Waals surface area contributed by atoms with Gasteiger partial charge < -0.3 is 4.74 Å². The van der Waals surface area contributed by atoms with Crippen molar-refractivity contribution >= 4 is 11.6 Å². The Balaban J connectivity index is 2.18. The van der Waals surface area contributed by atoms with Crippen LogP contribution in [0.2, 0.25) is 5.02 Å². The van der Waals surface area contributed by atoms with E-state index in [2.05, 4.69) is 6.07 Å². The van der Waals surface area contributed by atoms with Crippen molar-refractivity contribution in [3.63, 3.8) is 0 Å². The summed E-state index contributed by atoms with van der Waals surface area (Å²) in [5.41, 5.74) is 1.24. The third-order valence-corrected chi connectivity index (χ3v) is 2.85. The molecule has 0 aromatic heterocycles. The predicted molar refractivity (Wildman–Crippen MR) is 54.2 cm³/mol. The molecule has 70 valence electrons. The van der Waals surface area contributed by atoms with Crippen LogP contribution in [0.15, 0.2) is 24.3 Å². The molecule has 0 N–H and O–H groups in total. The van der Waals surface area contributed by atoms with Gasteiger partial charge in [-0.05, 0) is 24.5 Å². The molecule has 1 nitrogen and oxygen atoms in total. The van der Waals surface area contributed by atoms with Gasteiger partial charge in [0.05, 0.1) is 6.61 Å². The summed E-state index contributed by atoms with van der Waals surface area (Å²) in [5.74, 6) is 0.502. The number of ether oxygens (including phenoxy) is 1. The third-order valence-electron chi connectivity index (χ3n) is 2.51. The Labute approximate surface area is 83.7 Å². The molecule has 1 saturated heterocycles. The van der Waals surface area contributed by atoms with Gasteiger partial charge in [0.1, 0.15) is 0 Å². The number of hydrogen-bond acceptors (Lipinski definition) is 1. The van der Waals surface area contributed by atoms with Crippen LogP contribution in [-0.2, 0) is 4.74 Å². The SMILES string of the molecule is Clc1ccccc1C1CCCOC1. The van der Waals surface area contributed by atoms with Crippen LogP contribution >= 0.6 is 11.6 Å². The summed E-state index contributed by atoms with van der Waals surface area (Å²) in [6, 6.07) is 8.05. The number of benzene rings is 1. The zero-order valence-electron chi connectivity index (χ0n) is 7.50. The molecule has 2 rings (SSSR count). The molecular formula is C11H13ClO. The van der Waals surface area contributed by atoms with Gasteiger partial charge in [-0.2, -0.15) is 0 Å². The van der Waals surface area contributed by atoms with Gasteiger partial charge in [-0.3, -0.25) is 0 Å². The Morgan fingerprint density at radius 1 is 1.31 bits per heavy atom. The Morgan fingerprint density at radius 2 is 2.15 bits per heavy atom. The number of halogens is 1. The minimum atomic E-state index is 0.502. The quantitative estimate of drug-likeness (QED) is 0.670. The molecule has 1 unspecified atom stereocenters. The van der Waals surface area contributed by atoms with Crippen molar-refractivity contribution in [1.29, 1.82) is 0 Å². The van der Waals surface area contributed by atoms with Crippen LogP contribution in [0.4, 0.5) is 0 Å². The van der Waals surface area contributed by atoms with E-state index in [1.54, 1.807) is 0 Å². The largest absolute Gasteiger partial charge is 0.381 e. The lowest BCUT2D eigenvalue weighted by Gasteiger charge is -2.23. The fourth-order valence-corrected chi connectivity index (χ4v) is 2.08. The molecule has 0 bridgehead atoms. The molecule has 1 aliphatic rings. The van der Waals surface area contributed by atoms with E-state index in [-0.39, 0.29) is 0 Å². The first-order valence-corrected chi connectivity index (χ1v) is 5.08. The Kier molecular flexibility index (Phi) is 2.87. The van der Waals surface area contributed by atoms with Gasteiger partial charge in [0.2, 0.25) is 0 Å². The maximum Gasteiger partial charge on any atom is 0.0535 e. The van der Waals surface area contributed by atoms with E-state index in [0.717, 1.165) is 24.7 Å². The highest BCUT2D eigenvalue weighted by Gasteiger charge is 2.17. The van der Waals surface area contributed by atoms with Crippen LogP contribution in [-0.4, -0.2) is 13.2 Å². The average molecular weight is 197 g/mol. The molecular weight excluding hydrogens is 184 g/mol. The van der Waals surface area contributed by atoms with Crippen molar-refractivity contribution in [2.45, 2.75) is 18.8 Å². The Morgan fingerprint density at radius 3 is 2.85 bits per heavy atom. The summed E-state index contributed by atoms with van der Waals surface area (Å²) in [6.07, 6.45) is 2.35. The van der Waals surface area contributed by atoms with E-state index in [9.17, 15) is 0 Å². The van der Waals surface area contributed by atoms with Crippen molar-refractivity contribution in [2.75, 3.05) is 13.2 Å². The van der Waals surface area contributed by atoms with E-state index < -0.39 is 0 Å². The molecule has 1 fully saturated rings. The van der Waals surface area contributed by atoms with Crippen molar-refractivity contribution in [3.8, 4) is 0 Å². The van der Waals surface area contributed by atoms with Crippen LogP contribution in [0.5, 0.6) is 0 Å². The fourth-order valence-electron chi connectivity index (χ4n) is 1.79. The van der Waals surface area contributed by atoms with Gasteiger partial charge in [-0.15, -0.1) is 0 Å². The van der Waals surface area contributed by atoms with Crippen molar-refractivity contribution in [1.82, 2.24) is 0 Å². The maximum atomic E-state index is 6.10. The van der Waals surface area contributed by atoms with E-state index >= 15 is 0 Å². The summed E-state index contributed by atoms with van der Waals surface area (Å²) in [4.78, 5) is 0. The highest BCUT2D eigenvalue weighted by atomic mass is 35.5. The van der Waals surface area contributed by atoms with Gasteiger partial charge in [0, 0.05) is 17.5 Å². The lowest BCUT2D eigenvalue weighted by atomic mass is 9.94. The van der Waals surface area contributed by atoms with Gasteiger partial charge in [0.25, 0.3) is 0 Å². The van der Waals surface area contributed by atoms with Crippen molar-refractivity contribution in [3.05, 3.63) is 34.9 Å². The van der Waals surface area contributed by atoms with E-state index in [4.69, 9.17) is 16.3 Å². The molecule has 1 aliphatic heterocycles. The molecule has 0 amide bonds. The van der Waals surface area contributed by atoms with Crippen LogP contribution in [0.25, 0.3) is 0 Å². The molecule has 0 saturated carbocycles. The standard InChI is InChI=1S/C11H13ClO/c12-11-6-2-1-5-10(11)9-4-3-7-13-8-9/h1-2,5-6,9H,3-4,7-8H2. The van der Waals surface area contributed by atoms with E-state index in [0.29, 0.717) is 5.92 Å². The minimum absolute atomic E-state index is 0.502. The smallest absolute Gasteiger partial charge is 0.0535 e. The zero-order valence-corrected chi connectivity index (χ0v) is 8.26. The predicted octanol–water partition coefficient (Wildman–Crippen LogP) is 3.23. The summed E-state index contributed by atoms with van der Waals surface area (Å²) >= 11 is 6.10. The normalized spacial score (nSPS) is 23.0. The van der Waals surface area contributed by atoms with Crippen LogP contribution in [0.3, 0.4) is 0 Å². The minimum Gasteiger partial charge on any atom is -0.381 e. The van der Waals surface area contributed by atoms with E-state index in [1.165, 1.54) is 12.0 Å². The topological polar surface area (TPSA) is 9.23 Å². The second-order valence-corrected chi connectivity index (χ2v) is 3.84. The zero-order chi connectivity index (χ0) is 9.10. The highest BCUT2D eigenvalue weighted by molar-refractivity contribution is 6.31. The first kappa shape index (κ1) is 9.04. The molecule has 0 radical (unpaired) electrons.